The highest BCUT2D eigenvalue weighted by Gasteiger charge is 2.20. The quantitative estimate of drug-likeness (QED) is 0.215. The van der Waals surface area contributed by atoms with Gasteiger partial charge in [0.05, 0.1) is 10.9 Å². The van der Waals surface area contributed by atoms with Crippen LogP contribution >= 0.6 is 39.0 Å². The molecule has 0 bridgehead atoms. The minimum Gasteiger partial charge on any atom is -0.322 e. The Labute approximate surface area is 221 Å². The van der Waals surface area contributed by atoms with E-state index in [1.165, 1.54) is 23.1 Å². The molecule has 5 nitrogen and oxygen atoms in total. The van der Waals surface area contributed by atoms with Crippen LogP contribution in [0.1, 0.15) is 29.3 Å². The van der Waals surface area contributed by atoms with Crippen molar-refractivity contribution in [3.8, 4) is 11.3 Å². The second kappa shape index (κ2) is 11.7. The zero-order valence-electron chi connectivity index (χ0n) is 19.2. The van der Waals surface area contributed by atoms with E-state index in [0.717, 1.165) is 26.2 Å². The molecule has 4 rings (SSSR count). The molecule has 0 spiro atoms. The predicted molar refractivity (Wildman–Crippen MR) is 149 cm³/mol. The number of thiazole rings is 1. The van der Waals surface area contributed by atoms with Crippen LogP contribution in [0.15, 0.2) is 87.5 Å². The lowest BCUT2D eigenvalue weighted by Crippen LogP contribution is -2.24. The average molecular weight is 567 g/mol. The van der Waals surface area contributed by atoms with Gasteiger partial charge in [-0.05, 0) is 55.3 Å². The number of thioether (sulfide) groups is 1. The number of carbonyl (C=O) groups excluding carboxylic acids is 2. The Balaban J connectivity index is 1.40. The van der Waals surface area contributed by atoms with Crippen molar-refractivity contribution in [3.05, 3.63) is 93.8 Å². The second-order valence-corrected chi connectivity index (χ2v) is 10.9. The predicted octanol–water partition coefficient (Wildman–Crippen LogP) is 7.64. The first-order valence-electron chi connectivity index (χ1n) is 11.1. The first-order valence-corrected chi connectivity index (χ1v) is 13.6. The summed E-state index contributed by atoms with van der Waals surface area (Å²) in [4.78, 5) is 31.1. The summed E-state index contributed by atoms with van der Waals surface area (Å²) in [5, 5.41) is 8.13. The molecule has 3 aromatic carbocycles. The van der Waals surface area contributed by atoms with E-state index in [2.05, 4.69) is 31.5 Å². The number of halogens is 1. The van der Waals surface area contributed by atoms with Crippen LogP contribution < -0.4 is 10.6 Å². The number of carbonyl (C=O) groups is 2. The van der Waals surface area contributed by atoms with Gasteiger partial charge in [-0.15, -0.1) is 23.1 Å². The fraction of sp³-hybridized carbons (Fsp3) is 0.148. The van der Waals surface area contributed by atoms with Crippen molar-refractivity contribution in [2.75, 3.05) is 10.6 Å². The SMILES string of the molecule is CCC(Sc1cccc(NC(=O)c2ccccc2C)c1)C(=O)Nc1nc(-c2ccc(Br)cc2)cs1. The van der Waals surface area contributed by atoms with Crippen LogP contribution in [0.5, 0.6) is 0 Å². The molecule has 0 aliphatic rings. The number of anilines is 2. The normalized spacial score (nSPS) is 11.6. The van der Waals surface area contributed by atoms with Gasteiger partial charge in [0, 0.05) is 31.6 Å². The lowest BCUT2D eigenvalue weighted by atomic mass is 10.1. The number of rotatable bonds is 8. The maximum absolute atomic E-state index is 13.0. The third-order valence-corrected chi connectivity index (χ3v) is 7.94. The minimum atomic E-state index is -0.294. The van der Waals surface area contributed by atoms with Gasteiger partial charge in [-0.25, -0.2) is 4.98 Å². The van der Waals surface area contributed by atoms with Gasteiger partial charge in [-0.1, -0.05) is 59.3 Å². The zero-order chi connectivity index (χ0) is 24.8. The lowest BCUT2D eigenvalue weighted by Gasteiger charge is -2.14. The fourth-order valence-corrected chi connectivity index (χ4v) is 5.43. The highest BCUT2D eigenvalue weighted by atomic mass is 79.9. The van der Waals surface area contributed by atoms with Gasteiger partial charge in [0.25, 0.3) is 5.91 Å². The molecule has 0 saturated carbocycles. The molecule has 2 N–H and O–H groups in total. The van der Waals surface area contributed by atoms with Crippen molar-refractivity contribution in [2.24, 2.45) is 0 Å². The van der Waals surface area contributed by atoms with Gasteiger partial charge < -0.3 is 10.6 Å². The maximum atomic E-state index is 13.0. The number of nitrogens with one attached hydrogen (secondary N) is 2. The molecule has 0 radical (unpaired) electrons. The Morgan fingerprint density at radius 3 is 2.54 bits per heavy atom. The van der Waals surface area contributed by atoms with E-state index < -0.39 is 0 Å². The molecule has 8 heteroatoms. The summed E-state index contributed by atoms with van der Waals surface area (Å²) in [5.74, 6) is -0.246. The first-order chi connectivity index (χ1) is 16.9. The molecular formula is C27H24BrN3O2S2. The largest absolute Gasteiger partial charge is 0.322 e. The Morgan fingerprint density at radius 2 is 1.80 bits per heavy atom. The van der Waals surface area contributed by atoms with E-state index in [9.17, 15) is 9.59 Å². The van der Waals surface area contributed by atoms with Crippen LogP contribution in [0, 0.1) is 6.92 Å². The highest BCUT2D eigenvalue weighted by Crippen LogP contribution is 2.30. The molecule has 1 unspecified atom stereocenters. The van der Waals surface area contributed by atoms with Crippen molar-refractivity contribution in [1.29, 1.82) is 0 Å². The van der Waals surface area contributed by atoms with Crippen LogP contribution in [-0.4, -0.2) is 22.0 Å². The van der Waals surface area contributed by atoms with Crippen molar-refractivity contribution in [3.63, 3.8) is 0 Å². The van der Waals surface area contributed by atoms with Crippen molar-refractivity contribution in [1.82, 2.24) is 4.98 Å². The standard InChI is InChI=1S/C27H24BrN3O2S2/c1-3-24(26(33)31-27-30-23(16-34-27)18-11-13-19(28)14-12-18)35-21-9-6-8-20(15-21)29-25(32)22-10-5-4-7-17(22)2/h4-16,24H,3H2,1-2H3,(H,29,32)(H,30,31,33). The van der Waals surface area contributed by atoms with Gasteiger partial charge in [-0.3, -0.25) is 9.59 Å². The number of benzene rings is 3. The molecular weight excluding hydrogens is 542 g/mol. The number of aryl methyl sites for hydroxylation is 1. The Kier molecular flexibility index (Phi) is 8.38. The average Bonchev–Trinajstić information content (AvgIpc) is 3.31. The molecule has 2 amide bonds. The molecule has 35 heavy (non-hydrogen) atoms. The number of hydrogen-bond acceptors (Lipinski definition) is 5. The number of nitrogens with zero attached hydrogens (tertiary/aromatic N) is 1. The highest BCUT2D eigenvalue weighted by molar-refractivity contribution is 9.10. The van der Waals surface area contributed by atoms with Crippen molar-refractivity contribution < 1.29 is 9.59 Å². The van der Waals surface area contributed by atoms with E-state index in [0.29, 0.717) is 22.8 Å². The Bertz CT molecular complexity index is 1340. The molecule has 1 atom stereocenters. The van der Waals surface area contributed by atoms with Crippen molar-refractivity contribution in [2.45, 2.75) is 30.4 Å². The molecule has 4 aromatic rings. The van der Waals surface area contributed by atoms with Gasteiger partial charge in [0.2, 0.25) is 5.91 Å². The van der Waals surface area contributed by atoms with E-state index in [4.69, 9.17) is 0 Å². The Morgan fingerprint density at radius 1 is 1.03 bits per heavy atom. The van der Waals surface area contributed by atoms with Gasteiger partial charge in [-0.2, -0.15) is 0 Å². The van der Waals surface area contributed by atoms with Gasteiger partial charge >= 0.3 is 0 Å². The summed E-state index contributed by atoms with van der Waals surface area (Å²) in [6.07, 6.45) is 0.654. The monoisotopic (exact) mass is 565 g/mol. The number of hydrogen-bond donors (Lipinski definition) is 2. The smallest absolute Gasteiger partial charge is 0.255 e. The van der Waals surface area contributed by atoms with Gasteiger partial charge in [0.1, 0.15) is 0 Å². The Hall–Kier alpha value is -2.94. The summed E-state index contributed by atoms with van der Waals surface area (Å²) in [6, 6.07) is 23.0. The minimum absolute atomic E-state index is 0.0939. The third-order valence-electron chi connectivity index (χ3n) is 5.30. The van der Waals surface area contributed by atoms with Crippen LogP contribution in [0.3, 0.4) is 0 Å². The molecule has 178 valence electrons. The summed E-state index contributed by atoms with van der Waals surface area (Å²) in [5.41, 5.74) is 4.08. The van der Waals surface area contributed by atoms with Crippen LogP contribution in [0.4, 0.5) is 10.8 Å². The van der Waals surface area contributed by atoms with E-state index in [1.54, 1.807) is 0 Å². The van der Waals surface area contributed by atoms with Crippen molar-refractivity contribution >= 4 is 61.7 Å². The molecule has 0 aliphatic heterocycles. The molecule has 1 aromatic heterocycles. The maximum Gasteiger partial charge on any atom is 0.255 e. The summed E-state index contributed by atoms with van der Waals surface area (Å²) >= 11 is 6.32. The number of amides is 2. The first kappa shape index (κ1) is 25.2. The molecule has 1 heterocycles. The summed E-state index contributed by atoms with van der Waals surface area (Å²) in [6.45, 7) is 3.89. The third kappa shape index (κ3) is 6.60. The molecule has 0 fully saturated rings. The fourth-order valence-electron chi connectivity index (χ4n) is 3.43. The van der Waals surface area contributed by atoms with Gasteiger partial charge in [0.15, 0.2) is 5.13 Å². The van der Waals surface area contributed by atoms with Crippen LogP contribution in [-0.2, 0) is 4.79 Å². The molecule has 0 saturated heterocycles. The zero-order valence-corrected chi connectivity index (χ0v) is 22.5. The van der Waals surface area contributed by atoms with Crippen LogP contribution in [0.2, 0.25) is 0 Å². The summed E-state index contributed by atoms with van der Waals surface area (Å²) in [7, 11) is 0. The lowest BCUT2D eigenvalue weighted by molar-refractivity contribution is -0.115. The topological polar surface area (TPSA) is 71.1 Å². The van der Waals surface area contributed by atoms with E-state index >= 15 is 0 Å². The molecule has 0 aliphatic carbocycles. The second-order valence-electron chi connectivity index (χ2n) is 7.85. The van der Waals surface area contributed by atoms with E-state index in [1.807, 2.05) is 92.0 Å². The van der Waals surface area contributed by atoms with Crippen LogP contribution in [0.25, 0.3) is 11.3 Å². The number of aromatic nitrogens is 1. The summed E-state index contributed by atoms with van der Waals surface area (Å²) < 4.78 is 1.01. The van der Waals surface area contributed by atoms with E-state index in [-0.39, 0.29) is 17.1 Å².